The molecule has 25 heavy (non-hydrogen) atoms. The first-order valence-corrected chi connectivity index (χ1v) is 9.02. The highest BCUT2D eigenvalue weighted by molar-refractivity contribution is 7.91. The second-order valence-electron chi connectivity index (χ2n) is 5.14. The molecule has 0 spiro atoms. The average Bonchev–Trinajstić information content (AvgIpc) is 3.23. The molecule has 2 heterocycles. The molecule has 0 radical (unpaired) electrons. The molecule has 10 heteroatoms. The summed E-state index contributed by atoms with van der Waals surface area (Å²) < 4.78 is 30.8. The van der Waals surface area contributed by atoms with E-state index < -0.39 is 15.7 Å². The minimum absolute atomic E-state index is 0.0458. The first-order valence-electron chi connectivity index (χ1n) is 7.37. The van der Waals surface area contributed by atoms with E-state index in [1.165, 1.54) is 24.3 Å². The fourth-order valence-electron chi connectivity index (χ4n) is 2.13. The minimum Gasteiger partial charge on any atom is -0.401 e. The largest absolute Gasteiger partial charge is 0.401 e. The molecule has 0 saturated carbocycles. The maximum absolute atomic E-state index is 12.3. The van der Waals surface area contributed by atoms with E-state index in [4.69, 9.17) is 4.42 Å². The van der Waals surface area contributed by atoms with Crippen LogP contribution in [0.4, 0.5) is 6.01 Å². The fourth-order valence-corrected chi connectivity index (χ4v) is 3.05. The lowest BCUT2D eigenvalue weighted by Crippen LogP contribution is -2.13. The van der Waals surface area contributed by atoms with Crippen LogP contribution in [0.15, 0.2) is 45.8 Å². The Hall–Kier alpha value is -3.01. The minimum atomic E-state index is -3.40. The van der Waals surface area contributed by atoms with Gasteiger partial charge in [-0.05, 0) is 24.3 Å². The van der Waals surface area contributed by atoms with Gasteiger partial charge in [-0.15, -0.1) is 5.10 Å². The van der Waals surface area contributed by atoms with Crippen LogP contribution in [0.3, 0.4) is 0 Å². The summed E-state index contributed by atoms with van der Waals surface area (Å²) in [6.45, 7) is 1.54. The molecule has 130 valence electrons. The Kier molecular flexibility index (Phi) is 4.36. The number of benzene rings is 1. The van der Waals surface area contributed by atoms with Crippen LogP contribution in [0, 0.1) is 0 Å². The van der Waals surface area contributed by atoms with E-state index in [-0.39, 0.29) is 28.1 Å². The third kappa shape index (κ3) is 3.43. The highest BCUT2D eigenvalue weighted by Crippen LogP contribution is 2.19. The van der Waals surface area contributed by atoms with Crippen LogP contribution in [0.2, 0.25) is 0 Å². The van der Waals surface area contributed by atoms with Crippen molar-refractivity contribution in [1.82, 2.24) is 20.0 Å². The van der Waals surface area contributed by atoms with Crippen LogP contribution < -0.4 is 5.32 Å². The summed E-state index contributed by atoms with van der Waals surface area (Å²) in [6, 6.07) is 7.37. The number of rotatable bonds is 5. The standard InChI is InChI=1S/C15H15N5O4S/c1-3-25(22,23)11-6-4-5-10(9-11)13(21)17-15-19-18-14(24-15)12-7-8-16-20(12)2/h4-9H,3H2,1-2H3,(H,17,19,21). The summed E-state index contributed by atoms with van der Waals surface area (Å²) in [4.78, 5) is 12.4. The topological polar surface area (TPSA) is 120 Å². The van der Waals surface area contributed by atoms with Crippen molar-refractivity contribution in [3.63, 3.8) is 0 Å². The van der Waals surface area contributed by atoms with Gasteiger partial charge in [0.25, 0.3) is 11.8 Å². The zero-order valence-corrected chi connectivity index (χ0v) is 14.3. The van der Waals surface area contributed by atoms with E-state index in [0.717, 1.165) is 0 Å². The number of aromatic nitrogens is 4. The Morgan fingerprint density at radius 2 is 2.08 bits per heavy atom. The summed E-state index contributed by atoms with van der Waals surface area (Å²) in [5.41, 5.74) is 0.777. The van der Waals surface area contributed by atoms with Crippen molar-refractivity contribution >= 4 is 21.8 Å². The van der Waals surface area contributed by atoms with E-state index in [2.05, 4.69) is 20.6 Å². The Morgan fingerprint density at radius 3 is 2.76 bits per heavy atom. The fraction of sp³-hybridized carbons (Fsp3) is 0.200. The van der Waals surface area contributed by atoms with Crippen molar-refractivity contribution in [2.75, 3.05) is 11.1 Å². The smallest absolute Gasteiger partial charge is 0.322 e. The third-order valence-electron chi connectivity index (χ3n) is 3.52. The molecule has 1 N–H and O–H groups in total. The van der Waals surface area contributed by atoms with Gasteiger partial charge in [-0.1, -0.05) is 18.1 Å². The zero-order valence-electron chi connectivity index (χ0n) is 13.5. The van der Waals surface area contributed by atoms with Gasteiger partial charge in [0.15, 0.2) is 9.84 Å². The van der Waals surface area contributed by atoms with Crippen molar-refractivity contribution in [3.05, 3.63) is 42.1 Å². The van der Waals surface area contributed by atoms with Crippen molar-refractivity contribution in [1.29, 1.82) is 0 Å². The lowest BCUT2D eigenvalue weighted by molar-refractivity contribution is 0.102. The number of amides is 1. The molecular weight excluding hydrogens is 346 g/mol. The molecule has 0 aliphatic heterocycles. The maximum Gasteiger partial charge on any atom is 0.322 e. The Bertz CT molecular complexity index is 1020. The van der Waals surface area contributed by atoms with E-state index in [1.807, 2.05) is 0 Å². The first-order chi connectivity index (χ1) is 11.9. The number of sulfone groups is 1. The summed E-state index contributed by atoms with van der Waals surface area (Å²) in [5.74, 6) is -0.388. The van der Waals surface area contributed by atoms with Gasteiger partial charge < -0.3 is 4.42 Å². The van der Waals surface area contributed by atoms with Crippen molar-refractivity contribution in [2.24, 2.45) is 7.05 Å². The average molecular weight is 361 g/mol. The van der Waals surface area contributed by atoms with Gasteiger partial charge in [-0.3, -0.25) is 14.8 Å². The lowest BCUT2D eigenvalue weighted by Gasteiger charge is -2.04. The molecule has 0 aliphatic rings. The van der Waals surface area contributed by atoms with Gasteiger partial charge in [-0.2, -0.15) is 5.10 Å². The summed E-state index contributed by atoms with van der Waals surface area (Å²) in [5, 5.41) is 14.1. The molecule has 0 atom stereocenters. The second-order valence-corrected chi connectivity index (χ2v) is 7.42. The summed E-state index contributed by atoms with van der Waals surface area (Å²) in [7, 11) is -1.68. The van der Waals surface area contributed by atoms with Crippen LogP contribution in [0.25, 0.3) is 11.6 Å². The first kappa shape index (κ1) is 16.8. The molecule has 1 amide bonds. The summed E-state index contributed by atoms with van der Waals surface area (Å²) >= 11 is 0. The Balaban J connectivity index is 1.81. The number of aryl methyl sites for hydroxylation is 1. The number of carbonyl (C=O) groups is 1. The molecule has 2 aromatic heterocycles. The lowest BCUT2D eigenvalue weighted by atomic mass is 10.2. The van der Waals surface area contributed by atoms with Gasteiger partial charge in [0.1, 0.15) is 5.69 Å². The third-order valence-corrected chi connectivity index (χ3v) is 5.25. The van der Waals surface area contributed by atoms with Crippen LogP contribution in [-0.2, 0) is 16.9 Å². The highest BCUT2D eigenvalue weighted by atomic mass is 32.2. The molecule has 3 aromatic rings. The van der Waals surface area contributed by atoms with Gasteiger partial charge in [0, 0.05) is 18.8 Å². The number of hydrogen-bond acceptors (Lipinski definition) is 7. The molecule has 0 unspecified atom stereocenters. The number of nitrogens with zero attached hydrogens (tertiary/aromatic N) is 4. The van der Waals surface area contributed by atoms with E-state index >= 15 is 0 Å². The zero-order chi connectivity index (χ0) is 18.0. The Labute approximate surface area is 143 Å². The van der Waals surface area contributed by atoms with Crippen molar-refractivity contribution in [3.8, 4) is 11.6 Å². The monoisotopic (exact) mass is 361 g/mol. The van der Waals surface area contributed by atoms with Crippen LogP contribution >= 0.6 is 0 Å². The molecular formula is C15H15N5O4S. The summed E-state index contributed by atoms with van der Waals surface area (Å²) in [6.07, 6.45) is 1.58. The van der Waals surface area contributed by atoms with E-state index in [1.54, 1.807) is 30.9 Å². The van der Waals surface area contributed by atoms with E-state index in [0.29, 0.717) is 5.69 Å². The molecule has 0 saturated heterocycles. The quantitative estimate of drug-likeness (QED) is 0.731. The normalized spacial score (nSPS) is 11.4. The number of anilines is 1. The molecule has 0 fully saturated rings. The van der Waals surface area contributed by atoms with Crippen LogP contribution in [0.1, 0.15) is 17.3 Å². The van der Waals surface area contributed by atoms with Gasteiger partial charge in [0.05, 0.1) is 10.6 Å². The SMILES string of the molecule is CCS(=O)(=O)c1cccc(C(=O)Nc2nnc(-c3ccnn3C)o2)c1. The van der Waals surface area contributed by atoms with Gasteiger partial charge >= 0.3 is 6.01 Å². The number of hydrogen-bond donors (Lipinski definition) is 1. The second kappa shape index (κ2) is 6.48. The molecule has 9 nitrogen and oxygen atoms in total. The molecule has 0 aliphatic carbocycles. The number of carbonyl (C=O) groups excluding carboxylic acids is 1. The van der Waals surface area contributed by atoms with E-state index in [9.17, 15) is 13.2 Å². The van der Waals surface area contributed by atoms with Crippen LogP contribution in [-0.4, -0.2) is 40.1 Å². The Morgan fingerprint density at radius 1 is 1.28 bits per heavy atom. The van der Waals surface area contributed by atoms with Crippen molar-refractivity contribution < 1.29 is 17.6 Å². The molecule has 1 aromatic carbocycles. The van der Waals surface area contributed by atoms with Crippen molar-refractivity contribution in [2.45, 2.75) is 11.8 Å². The predicted octanol–water partition coefficient (Wildman–Crippen LogP) is 1.52. The highest BCUT2D eigenvalue weighted by Gasteiger charge is 2.17. The maximum atomic E-state index is 12.3. The molecule has 0 bridgehead atoms. The predicted molar refractivity (Wildman–Crippen MR) is 88.6 cm³/mol. The van der Waals surface area contributed by atoms with Crippen LogP contribution in [0.5, 0.6) is 0 Å². The number of nitrogens with one attached hydrogen (secondary N) is 1. The van der Waals surface area contributed by atoms with Gasteiger partial charge in [-0.25, -0.2) is 8.42 Å². The van der Waals surface area contributed by atoms with Gasteiger partial charge in [0.2, 0.25) is 0 Å². The molecule has 3 rings (SSSR count).